The molecule has 270 valence electrons. The number of hydrogen-bond donors (Lipinski definition) is 1. The molecule has 5 atom stereocenters. The van der Waals surface area contributed by atoms with Gasteiger partial charge < -0.3 is 18.9 Å². The lowest BCUT2D eigenvalue weighted by atomic mass is 9.98. The zero-order chi connectivity index (χ0) is 36.0. The number of aryl methyl sites for hydroxylation is 4. The van der Waals surface area contributed by atoms with E-state index >= 15 is 0 Å². The van der Waals surface area contributed by atoms with Crippen molar-refractivity contribution in [3.05, 3.63) is 33.9 Å². The van der Waals surface area contributed by atoms with Crippen molar-refractivity contribution in [2.45, 2.75) is 155 Å². The van der Waals surface area contributed by atoms with Crippen LogP contribution < -0.4 is 0 Å². The Kier molecular flexibility index (Phi) is 12.4. The molecule has 0 spiro atoms. The molecule has 4 heterocycles. The van der Waals surface area contributed by atoms with E-state index < -0.39 is 22.7 Å². The van der Waals surface area contributed by atoms with E-state index in [1.165, 1.54) is 17.0 Å². The maximum atomic E-state index is 11.0. The maximum Gasteiger partial charge on any atom is 0.192 e. The molecule has 9 nitrogen and oxygen atoms in total. The van der Waals surface area contributed by atoms with Crippen molar-refractivity contribution in [3.8, 4) is 0 Å². The van der Waals surface area contributed by atoms with Gasteiger partial charge in [-0.15, -0.1) is 0 Å². The average molecular weight is 691 g/mol. The van der Waals surface area contributed by atoms with Crippen LogP contribution in [-0.4, -0.2) is 103 Å². The van der Waals surface area contributed by atoms with E-state index in [-0.39, 0.29) is 22.2 Å². The van der Waals surface area contributed by atoms with Crippen molar-refractivity contribution in [3.63, 3.8) is 0 Å². The van der Waals surface area contributed by atoms with Crippen molar-refractivity contribution >= 4 is 16.6 Å². The van der Waals surface area contributed by atoms with E-state index in [1.54, 1.807) is 0 Å². The molecule has 0 aromatic carbocycles. The highest BCUT2D eigenvalue weighted by Gasteiger charge is 2.44. The Morgan fingerprint density at radius 3 is 1.60 bits per heavy atom. The van der Waals surface area contributed by atoms with Gasteiger partial charge >= 0.3 is 0 Å². The number of likely N-dealkylation sites (tertiary alicyclic amines) is 2. The Balaban J connectivity index is 0.000000256. The first-order valence-electron chi connectivity index (χ1n) is 17.7. The predicted molar refractivity (Wildman–Crippen MR) is 200 cm³/mol. The summed E-state index contributed by atoms with van der Waals surface area (Å²) in [5, 5.41) is 20.5. The Morgan fingerprint density at radius 1 is 0.723 bits per heavy atom. The molecular formula is C36H70N6O3Si2. The summed E-state index contributed by atoms with van der Waals surface area (Å²) in [6.45, 7) is 33.3. The van der Waals surface area contributed by atoms with Crippen LogP contribution in [0.3, 0.4) is 0 Å². The minimum Gasteiger partial charge on any atom is -0.413 e. The van der Waals surface area contributed by atoms with E-state index in [4.69, 9.17) is 8.85 Å². The van der Waals surface area contributed by atoms with Crippen molar-refractivity contribution in [1.82, 2.24) is 29.4 Å². The van der Waals surface area contributed by atoms with Gasteiger partial charge in [-0.2, -0.15) is 10.2 Å². The van der Waals surface area contributed by atoms with Crippen molar-refractivity contribution in [1.29, 1.82) is 0 Å². The smallest absolute Gasteiger partial charge is 0.192 e. The van der Waals surface area contributed by atoms with Crippen LogP contribution in [0.1, 0.15) is 94.4 Å². The van der Waals surface area contributed by atoms with E-state index in [1.807, 2.05) is 37.3 Å². The first-order chi connectivity index (χ1) is 21.3. The van der Waals surface area contributed by atoms with Crippen LogP contribution in [0.25, 0.3) is 0 Å². The molecule has 0 bridgehead atoms. The molecule has 2 aromatic rings. The van der Waals surface area contributed by atoms with E-state index in [9.17, 15) is 5.11 Å². The van der Waals surface area contributed by atoms with E-state index in [2.05, 4.69) is 116 Å². The SMILES string of the molecule is Cc1nn(C)c(C)c1C(O)[C@H]1C[C@H](O[Si](C)(C)C(C)(C)C)CN1C.Cc1nn(C)c(C)c1C[C@H]1C[C@H](O[Si](C)(C)C(C)(C)C)CN1C. The quantitative estimate of drug-likeness (QED) is 0.304. The lowest BCUT2D eigenvalue weighted by Gasteiger charge is -2.38. The van der Waals surface area contributed by atoms with Gasteiger partial charge in [0.25, 0.3) is 0 Å². The second-order valence-corrected chi connectivity index (χ2v) is 27.2. The first kappa shape index (κ1) is 40.1. The van der Waals surface area contributed by atoms with Gasteiger partial charge in [0.2, 0.25) is 0 Å². The highest BCUT2D eigenvalue weighted by atomic mass is 28.4. The molecule has 2 aromatic heterocycles. The molecule has 47 heavy (non-hydrogen) atoms. The molecule has 2 aliphatic heterocycles. The fourth-order valence-corrected chi connectivity index (χ4v) is 9.45. The summed E-state index contributed by atoms with van der Waals surface area (Å²) >= 11 is 0. The Labute approximate surface area is 289 Å². The zero-order valence-electron chi connectivity index (χ0n) is 33.4. The summed E-state index contributed by atoms with van der Waals surface area (Å²) < 4.78 is 17.1. The molecule has 0 aliphatic carbocycles. The summed E-state index contributed by atoms with van der Waals surface area (Å²) in [5.41, 5.74) is 6.82. The molecule has 0 saturated carbocycles. The second-order valence-electron chi connectivity index (χ2n) is 17.7. The second kappa shape index (κ2) is 14.5. The fraction of sp³-hybridized carbons (Fsp3) is 0.833. The highest BCUT2D eigenvalue weighted by molar-refractivity contribution is 6.74. The number of rotatable bonds is 8. The predicted octanol–water partition coefficient (Wildman–Crippen LogP) is 6.84. The lowest BCUT2D eigenvalue weighted by Crippen LogP contribution is -2.44. The number of aliphatic hydroxyl groups excluding tert-OH is 1. The number of aliphatic hydroxyl groups is 1. The van der Waals surface area contributed by atoms with Crippen LogP contribution >= 0.6 is 0 Å². The maximum absolute atomic E-state index is 11.0. The standard InChI is InChI=1S/C18H35N3O2Si.C18H35N3OSi/c1-12-16(13(2)21(7)19-12)17(22)15-10-14(11-20(15)6)23-24(8,9)18(3,4)5;1-13-17(14(2)21(7)19-13)11-15-10-16(12-20(15)6)22-23(8,9)18(3,4)5/h14-15,17,22H,10-11H2,1-9H3;15-16H,10-12H2,1-9H3/t14-,15+,17?;15-,16+/m01/s1. The molecule has 2 saturated heterocycles. The van der Waals surface area contributed by atoms with Gasteiger partial charge in [-0.3, -0.25) is 14.3 Å². The topological polar surface area (TPSA) is 80.8 Å². The summed E-state index contributed by atoms with van der Waals surface area (Å²) in [5.74, 6) is 0. The van der Waals surface area contributed by atoms with Gasteiger partial charge in [-0.1, -0.05) is 41.5 Å². The lowest BCUT2D eigenvalue weighted by molar-refractivity contribution is 0.0841. The molecule has 1 unspecified atom stereocenters. The third kappa shape index (κ3) is 9.07. The van der Waals surface area contributed by atoms with E-state index in [0.29, 0.717) is 12.1 Å². The fourth-order valence-electron chi connectivity index (χ4n) is 6.73. The van der Waals surface area contributed by atoms with Gasteiger partial charge in [0.15, 0.2) is 16.6 Å². The summed E-state index contributed by atoms with van der Waals surface area (Å²) in [4.78, 5) is 4.72. The summed E-state index contributed by atoms with van der Waals surface area (Å²) in [6.07, 6.45) is 3.15. The Hall–Kier alpha value is -1.35. The Bertz CT molecular complexity index is 1360. The van der Waals surface area contributed by atoms with Crippen LogP contribution in [0.2, 0.25) is 36.3 Å². The van der Waals surface area contributed by atoms with Crippen molar-refractivity contribution < 1.29 is 14.0 Å². The molecule has 2 aliphatic rings. The van der Waals surface area contributed by atoms with Crippen LogP contribution in [0.15, 0.2) is 0 Å². The molecule has 1 N–H and O–H groups in total. The molecule has 4 rings (SSSR count). The zero-order valence-corrected chi connectivity index (χ0v) is 35.4. The molecular weight excluding hydrogens is 621 g/mol. The monoisotopic (exact) mass is 691 g/mol. The first-order valence-corrected chi connectivity index (χ1v) is 23.5. The third-order valence-corrected chi connectivity index (χ3v) is 21.1. The minimum atomic E-state index is -1.79. The van der Waals surface area contributed by atoms with Crippen LogP contribution in [0.5, 0.6) is 0 Å². The van der Waals surface area contributed by atoms with Crippen LogP contribution in [0, 0.1) is 27.7 Å². The molecule has 0 radical (unpaired) electrons. The normalized spacial score (nSPS) is 24.1. The van der Waals surface area contributed by atoms with Crippen LogP contribution in [-0.2, 0) is 29.4 Å². The van der Waals surface area contributed by atoms with Gasteiger partial charge in [0.05, 0.1) is 29.7 Å². The minimum absolute atomic E-state index is 0.0846. The number of hydrogen-bond acceptors (Lipinski definition) is 7. The summed E-state index contributed by atoms with van der Waals surface area (Å²) in [6, 6.07) is 0.646. The van der Waals surface area contributed by atoms with E-state index in [0.717, 1.165) is 49.3 Å². The van der Waals surface area contributed by atoms with Gasteiger partial charge in [-0.05, 0) is 103 Å². The van der Waals surface area contributed by atoms with Crippen molar-refractivity contribution in [2.24, 2.45) is 14.1 Å². The van der Waals surface area contributed by atoms with Gasteiger partial charge in [0.1, 0.15) is 0 Å². The van der Waals surface area contributed by atoms with Crippen molar-refractivity contribution in [2.75, 3.05) is 27.2 Å². The largest absolute Gasteiger partial charge is 0.413 e. The molecule has 11 heteroatoms. The van der Waals surface area contributed by atoms with Gasteiger partial charge in [0, 0.05) is 56.2 Å². The average Bonchev–Trinajstić information content (AvgIpc) is 3.58. The number of aromatic nitrogens is 4. The van der Waals surface area contributed by atoms with Gasteiger partial charge in [-0.25, -0.2) is 0 Å². The highest BCUT2D eigenvalue weighted by Crippen LogP contribution is 2.41. The summed E-state index contributed by atoms with van der Waals surface area (Å²) in [7, 11) is 4.82. The molecule has 2 fully saturated rings. The third-order valence-electron chi connectivity index (χ3n) is 12.1. The molecule has 0 amide bonds. The Morgan fingerprint density at radius 2 is 1.17 bits per heavy atom. The number of nitrogens with zero attached hydrogens (tertiary/aromatic N) is 6. The van der Waals surface area contributed by atoms with Crippen LogP contribution in [0.4, 0.5) is 0 Å². The number of likely N-dealkylation sites (N-methyl/N-ethyl adjacent to an activating group) is 2.